The number of nitrogens with one attached hydrogen (secondary N) is 2. The molecule has 1 saturated carbocycles. The van der Waals surface area contributed by atoms with E-state index in [0.29, 0.717) is 12.6 Å². The molecule has 2 rings (SSSR count). The van der Waals surface area contributed by atoms with E-state index in [1.165, 1.54) is 12.8 Å². The zero-order valence-electron chi connectivity index (χ0n) is 10.9. The lowest BCUT2D eigenvalue weighted by Gasteiger charge is -2.06. The number of pyridine rings is 1. The van der Waals surface area contributed by atoms with Gasteiger partial charge in [0.25, 0.3) is 10.0 Å². The van der Waals surface area contributed by atoms with Gasteiger partial charge in [-0.05, 0) is 30.7 Å². The van der Waals surface area contributed by atoms with E-state index in [1.807, 2.05) is 12.3 Å². The molecule has 2 N–H and O–H groups in total. The summed E-state index contributed by atoms with van der Waals surface area (Å²) in [7, 11) is -3.46. The van der Waals surface area contributed by atoms with Gasteiger partial charge < -0.3 is 5.32 Å². The second kappa shape index (κ2) is 6.69. The van der Waals surface area contributed by atoms with E-state index in [4.69, 9.17) is 0 Å². The Morgan fingerprint density at radius 3 is 2.79 bits per heavy atom. The normalized spacial score (nSPS) is 15.6. The molecule has 19 heavy (non-hydrogen) atoms. The largest absolute Gasteiger partial charge is 0.310 e. The maximum absolute atomic E-state index is 11.9. The van der Waals surface area contributed by atoms with Crippen molar-refractivity contribution in [3.63, 3.8) is 0 Å². The van der Waals surface area contributed by atoms with E-state index >= 15 is 0 Å². The average Bonchev–Trinajstić information content (AvgIpc) is 3.21. The summed E-state index contributed by atoms with van der Waals surface area (Å²) in [6.45, 7) is 1.17. The summed E-state index contributed by atoms with van der Waals surface area (Å²) in [5.74, 6) is 0.753. The van der Waals surface area contributed by atoms with Crippen molar-refractivity contribution in [3.8, 4) is 0 Å². The SMILES string of the molecule is CSCCNS(=O)(=O)c1ccc(CNC2CC2)cn1. The van der Waals surface area contributed by atoms with Crippen molar-refractivity contribution in [1.82, 2.24) is 15.0 Å². The van der Waals surface area contributed by atoms with Crippen LogP contribution in [0.3, 0.4) is 0 Å². The summed E-state index contributed by atoms with van der Waals surface area (Å²) in [6, 6.07) is 4.01. The second-order valence-electron chi connectivity index (χ2n) is 4.55. The lowest BCUT2D eigenvalue weighted by molar-refractivity contribution is 0.580. The highest BCUT2D eigenvalue weighted by molar-refractivity contribution is 7.98. The van der Waals surface area contributed by atoms with Crippen LogP contribution in [-0.4, -0.2) is 38.0 Å². The quantitative estimate of drug-likeness (QED) is 0.700. The van der Waals surface area contributed by atoms with E-state index in [9.17, 15) is 8.42 Å². The van der Waals surface area contributed by atoms with E-state index in [2.05, 4.69) is 15.0 Å². The van der Waals surface area contributed by atoms with Gasteiger partial charge in [-0.15, -0.1) is 0 Å². The molecule has 0 aromatic carbocycles. The highest BCUT2D eigenvalue weighted by Gasteiger charge is 2.20. The molecule has 1 fully saturated rings. The Balaban J connectivity index is 1.91. The van der Waals surface area contributed by atoms with Gasteiger partial charge in [0.1, 0.15) is 0 Å². The number of thioether (sulfide) groups is 1. The van der Waals surface area contributed by atoms with E-state index in [0.717, 1.165) is 17.9 Å². The summed E-state index contributed by atoms with van der Waals surface area (Å²) in [5, 5.41) is 3.45. The van der Waals surface area contributed by atoms with Gasteiger partial charge >= 0.3 is 0 Å². The van der Waals surface area contributed by atoms with Crippen LogP contribution in [0.2, 0.25) is 0 Å². The van der Waals surface area contributed by atoms with Gasteiger partial charge in [-0.3, -0.25) is 0 Å². The predicted molar refractivity (Wildman–Crippen MR) is 77.7 cm³/mol. The van der Waals surface area contributed by atoms with Crippen molar-refractivity contribution in [1.29, 1.82) is 0 Å². The fourth-order valence-electron chi connectivity index (χ4n) is 1.58. The number of aromatic nitrogens is 1. The molecule has 0 saturated heterocycles. The van der Waals surface area contributed by atoms with Crippen LogP contribution in [0.5, 0.6) is 0 Å². The van der Waals surface area contributed by atoms with Crippen LogP contribution in [0.4, 0.5) is 0 Å². The number of nitrogens with zero attached hydrogens (tertiary/aromatic N) is 1. The minimum absolute atomic E-state index is 0.0868. The van der Waals surface area contributed by atoms with Crippen molar-refractivity contribution in [3.05, 3.63) is 23.9 Å². The summed E-state index contributed by atoms with van der Waals surface area (Å²) >= 11 is 1.60. The van der Waals surface area contributed by atoms with Crippen molar-refractivity contribution < 1.29 is 8.42 Å². The predicted octanol–water partition coefficient (Wildman–Crippen LogP) is 0.975. The maximum atomic E-state index is 11.9. The van der Waals surface area contributed by atoms with Gasteiger partial charge in [-0.2, -0.15) is 11.8 Å². The molecule has 0 unspecified atom stereocenters. The smallest absolute Gasteiger partial charge is 0.258 e. The van der Waals surface area contributed by atoms with E-state index in [1.54, 1.807) is 24.0 Å². The van der Waals surface area contributed by atoms with Crippen molar-refractivity contribution in [2.75, 3.05) is 18.6 Å². The third kappa shape index (κ3) is 4.76. The number of hydrogen-bond donors (Lipinski definition) is 2. The molecule has 0 aliphatic heterocycles. The molecule has 0 amide bonds. The molecule has 1 aromatic heterocycles. The van der Waals surface area contributed by atoms with E-state index < -0.39 is 10.0 Å². The van der Waals surface area contributed by atoms with Gasteiger partial charge in [0, 0.05) is 31.1 Å². The number of hydrogen-bond acceptors (Lipinski definition) is 5. The molecule has 106 valence electrons. The summed E-state index contributed by atoms with van der Waals surface area (Å²) < 4.78 is 26.3. The summed E-state index contributed by atoms with van der Waals surface area (Å²) in [4.78, 5) is 4.03. The molecule has 0 atom stereocenters. The first-order valence-corrected chi connectivity index (χ1v) is 9.16. The average molecular weight is 301 g/mol. The highest BCUT2D eigenvalue weighted by atomic mass is 32.2. The Hall–Kier alpha value is -0.630. The molecule has 0 radical (unpaired) electrons. The number of sulfonamides is 1. The van der Waals surface area contributed by atoms with Gasteiger partial charge in [0.05, 0.1) is 0 Å². The first-order chi connectivity index (χ1) is 9.12. The van der Waals surface area contributed by atoms with Crippen LogP contribution in [0.25, 0.3) is 0 Å². The molecular formula is C12H19N3O2S2. The zero-order chi connectivity index (χ0) is 13.7. The molecule has 1 aliphatic carbocycles. The van der Waals surface area contributed by atoms with Gasteiger partial charge in [0.15, 0.2) is 5.03 Å². The number of rotatable bonds is 8. The molecular weight excluding hydrogens is 282 g/mol. The Kier molecular flexibility index (Phi) is 5.20. The Bertz CT molecular complexity index is 498. The standard InChI is InChI=1S/C12H19N3O2S2/c1-18-7-6-15-19(16,17)12-5-2-10(9-14-12)8-13-11-3-4-11/h2,5,9,11,13,15H,3-4,6-8H2,1H3. The first kappa shape index (κ1) is 14.8. The summed E-state index contributed by atoms with van der Waals surface area (Å²) in [6.07, 6.45) is 6.03. The van der Waals surface area contributed by atoms with Gasteiger partial charge in [0.2, 0.25) is 0 Å². The van der Waals surface area contributed by atoms with Crippen LogP contribution in [0, 0.1) is 0 Å². The fraction of sp³-hybridized carbons (Fsp3) is 0.583. The van der Waals surface area contributed by atoms with Crippen molar-refractivity contribution in [2.45, 2.75) is 30.5 Å². The van der Waals surface area contributed by atoms with Crippen LogP contribution in [0.15, 0.2) is 23.4 Å². The summed E-state index contributed by atoms with van der Waals surface area (Å²) in [5.41, 5.74) is 1.01. The van der Waals surface area contributed by atoms with Crippen LogP contribution < -0.4 is 10.0 Å². The Morgan fingerprint density at radius 2 is 2.21 bits per heavy atom. The molecule has 5 nitrogen and oxygen atoms in total. The monoisotopic (exact) mass is 301 g/mol. The molecule has 1 heterocycles. The molecule has 1 aliphatic rings. The minimum Gasteiger partial charge on any atom is -0.310 e. The van der Waals surface area contributed by atoms with Crippen LogP contribution in [0.1, 0.15) is 18.4 Å². The lowest BCUT2D eigenvalue weighted by Crippen LogP contribution is -2.26. The molecule has 1 aromatic rings. The molecule has 7 heteroatoms. The van der Waals surface area contributed by atoms with Crippen LogP contribution in [-0.2, 0) is 16.6 Å². The third-order valence-corrected chi connectivity index (χ3v) is 4.83. The molecule has 0 bridgehead atoms. The minimum atomic E-state index is -3.46. The maximum Gasteiger partial charge on any atom is 0.258 e. The van der Waals surface area contributed by atoms with Crippen molar-refractivity contribution in [2.24, 2.45) is 0 Å². The van der Waals surface area contributed by atoms with E-state index in [-0.39, 0.29) is 5.03 Å². The zero-order valence-corrected chi connectivity index (χ0v) is 12.6. The Morgan fingerprint density at radius 1 is 1.42 bits per heavy atom. The van der Waals surface area contributed by atoms with Crippen molar-refractivity contribution >= 4 is 21.8 Å². The second-order valence-corrected chi connectivity index (χ2v) is 7.25. The topological polar surface area (TPSA) is 71.1 Å². The van der Waals surface area contributed by atoms with Gasteiger partial charge in [-0.1, -0.05) is 6.07 Å². The Labute approximate surface area is 118 Å². The first-order valence-electron chi connectivity index (χ1n) is 6.29. The van der Waals surface area contributed by atoms with Crippen LogP contribution >= 0.6 is 11.8 Å². The lowest BCUT2D eigenvalue weighted by atomic mass is 10.3. The fourth-order valence-corrected chi connectivity index (χ4v) is 2.97. The van der Waals surface area contributed by atoms with Gasteiger partial charge in [-0.25, -0.2) is 18.1 Å². The molecule has 0 spiro atoms. The third-order valence-electron chi connectivity index (χ3n) is 2.84. The highest BCUT2D eigenvalue weighted by Crippen LogP contribution is 2.19.